The van der Waals surface area contributed by atoms with Gasteiger partial charge in [0.15, 0.2) is 0 Å². The van der Waals surface area contributed by atoms with Crippen molar-refractivity contribution >= 4 is 22.5 Å². The zero-order chi connectivity index (χ0) is 30.4. The minimum absolute atomic E-state index is 0.0314. The van der Waals surface area contributed by atoms with Gasteiger partial charge in [-0.1, -0.05) is 24.3 Å². The molecule has 1 N–H and O–H groups in total. The van der Waals surface area contributed by atoms with Gasteiger partial charge in [-0.2, -0.15) is 23.5 Å². The number of para-hydroxylation sites is 1. The minimum atomic E-state index is -4.53. The van der Waals surface area contributed by atoms with E-state index in [0.29, 0.717) is 31.6 Å². The lowest BCUT2D eigenvalue weighted by molar-refractivity contribution is -0.137. The fraction of sp³-hybridized carbons (Fsp3) is 0.375. The van der Waals surface area contributed by atoms with E-state index in [1.807, 2.05) is 66.3 Å². The molecule has 0 aliphatic carbocycles. The molecule has 222 valence electrons. The van der Waals surface area contributed by atoms with E-state index >= 15 is 0 Å². The molecule has 4 heterocycles. The number of benzene rings is 2. The molecule has 1 atom stereocenters. The molecule has 2 aliphatic rings. The molecule has 43 heavy (non-hydrogen) atoms. The van der Waals surface area contributed by atoms with E-state index in [2.05, 4.69) is 15.3 Å². The van der Waals surface area contributed by atoms with Crippen molar-refractivity contribution in [2.24, 2.45) is 7.05 Å². The number of piperidine rings is 1. The van der Waals surface area contributed by atoms with Gasteiger partial charge >= 0.3 is 6.18 Å². The van der Waals surface area contributed by atoms with Crippen molar-refractivity contribution in [1.82, 2.24) is 25.0 Å². The van der Waals surface area contributed by atoms with Crippen LogP contribution < -0.4 is 10.2 Å². The highest BCUT2D eigenvalue weighted by atomic mass is 19.4. The number of nitrogens with zero attached hydrogens (tertiary/aromatic N) is 6. The molecular formula is C32H32F3N7O. The minimum Gasteiger partial charge on any atom is -0.370 e. The molecule has 6 rings (SSSR count). The summed E-state index contributed by atoms with van der Waals surface area (Å²) in [5.74, 6) is -0.0661. The number of amides is 1. The van der Waals surface area contributed by atoms with Gasteiger partial charge in [0.25, 0.3) is 0 Å². The summed E-state index contributed by atoms with van der Waals surface area (Å²) in [4.78, 5) is 23.0. The molecule has 0 radical (unpaired) electrons. The van der Waals surface area contributed by atoms with Crippen LogP contribution in [-0.2, 0) is 23.4 Å². The molecule has 11 heteroatoms. The Morgan fingerprint density at radius 1 is 1.07 bits per heavy atom. The molecule has 2 saturated heterocycles. The number of aromatic nitrogens is 3. The maximum Gasteiger partial charge on any atom is 0.416 e. The van der Waals surface area contributed by atoms with Gasteiger partial charge in [-0.05, 0) is 62.7 Å². The average Bonchev–Trinajstić information content (AvgIpc) is 3.60. The van der Waals surface area contributed by atoms with Crippen molar-refractivity contribution in [3.63, 3.8) is 0 Å². The second kappa shape index (κ2) is 11.0. The number of likely N-dealkylation sites (N-methyl/N-ethyl adjacent to an activating group) is 1. The lowest BCUT2D eigenvalue weighted by Gasteiger charge is -2.42. The van der Waals surface area contributed by atoms with E-state index in [9.17, 15) is 23.2 Å². The molecule has 1 amide bonds. The summed E-state index contributed by atoms with van der Waals surface area (Å²) in [6, 6.07) is 15.1. The molecule has 2 aliphatic heterocycles. The van der Waals surface area contributed by atoms with Crippen LogP contribution in [0, 0.1) is 11.3 Å². The van der Waals surface area contributed by atoms with Crippen molar-refractivity contribution in [2.75, 3.05) is 38.1 Å². The summed E-state index contributed by atoms with van der Waals surface area (Å²) in [6.07, 6.45) is 0.772. The van der Waals surface area contributed by atoms with E-state index in [-0.39, 0.29) is 17.5 Å². The van der Waals surface area contributed by atoms with E-state index in [1.54, 1.807) is 6.20 Å². The van der Waals surface area contributed by atoms with Crippen LogP contribution in [-0.4, -0.2) is 64.8 Å². The van der Waals surface area contributed by atoms with Gasteiger partial charge < -0.3 is 15.1 Å². The number of rotatable bonds is 5. The number of nitrogens with one attached hydrogen (secondary N) is 1. The smallest absolute Gasteiger partial charge is 0.370 e. The molecule has 2 aromatic carbocycles. The Hall–Kier alpha value is -4.43. The fourth-order valence-corrected chi connectivity index (χ4v) is 6.51. The lowest BCUT2D eigenvalue weighted by Crippen LogP contribution is -2.54. The summed E-state index contributed by atoms with van der Waals surface area (Å²) >= 11 is 0. The molecule has 8 nitrogen and oxygen atoms in total. The van der Waals surface area contributed by atoms with E-state index in [4.69, 9.17) is 4.98 Å². The highest BCUT2D eigenvalue weighted by Gasteiger charge is 2.44. The van der Waals surface area contributed by atoms with Gasteiger partial charge in [0.2, 0.25) is 5.91 Å². The number of pyridine rings is 1. The third-order valence-corrected chi connectivity index (χ3v) is 8.92. The number of hydrogen-bond donors (Lipinski definition) is 1. The Labute approximate surface area is 247 Å². The van der Waals surface area contributed by atoms with Gasteiger partial charge in [-0.15, -0.1) is 0 Å². The van der Waals surface area contributed by atoms with Crippen LogP contribution in [0.5, 0.6) is 0 Å². The van der Waals surface area contributed by atoms with Gasteiger partial charge in [0, 0.05) is 49.9 Å². The first-order valence-corrected chi connectivity index (χ1v) is 14.3. The number of carbonyl (C=O) groups excluding carboxylic acids is 1. The standard InChI is InChI=1S/C32H32F3N7O/c1-40-13-10-25(20-40)39-30(43)31(11-14-42(15-12-31)28-9-7-23(32(33,34)35)16-22(28)17-36)24-6-8-27(37-19-24)26-5-3-4-21-18-38-41(2)29(21)26/h3-9,16,18-19,25H,10-15,20H2,1-2H3,(H,39,43)/t25-/m1/s1. The zero-order valence-electron chi connectivity index (χ0n) is 24.0. The number of hydrogen-bond acceptors (Lipinski definition) is 6. The first kappa shape index (κ1) is 28.7. The Morgan fingerprint density at radius 2 is 1.86 bits per heavy atom. The van der Waals surface area contributed by atoms with Crippen molar-refractivity contribution in [2.45, 2.75) is 36.9 Å². The van der Waals surface area contributed by atoms with Crippen molar-refractivity contribution in [1.29, 1.82) is 5.26 Å². The quantitative estimate of drug-likeness (QED) is 0.358. The molecule has 0 unspecified atom stereocenters. The molecule has 2 aromatic heterocycles. The highest BCUT2D eigenvalue weighted by molar-refractivity contribution is 5.93. The van der Waals surface area contributed by atoms with Crippen molar-refractivity contribution < 1.29 is 18.0 Å². The van der Waals surface area contributed by atoms with Crippen LogP contribution in [0.1, 0.15) is 36.0 Å². The Kier molecular flexibility index (Phi) is 7.34. The van der Waals surface area contributed by atoms with Gasteiger partial charge in [-0.3, -0.25) is 14.5 Å². The number of nitriles is 1. The van der Waals surface area contributed by atoms with Crippen LogP contribution in [0.3, 0.4) is 0 Å². The molecule has 2 fully saturated rings. The number of anilines is 1. The van der Waals surface area contributed by atoms with Crippen molar-refractivity contribution in [3.05, 3.63) is 77.6 Å². The van der Waals surface area contributed by atoms with Crippen LogP contribution in [0.2, 0.25) is 0 Å². The zero-order valence-corrected chi connectivity index (χ0v) is 24.0. The summed E-state index contributed by atoms with van der Waals surface area (Å²) in [5, 5.41) is 18.3. The number of likely N-dealkylation sites (tertiary alicyclic amines) is 1. The van der Waals surface area contributed by atoms with Crippen LogP contribution >= 0.6 is 0 Å². The summed E-state index contributed by atoms with van der Waals surface area (Å²) in [6.45, 7) is 2.48. The average molecular weight is 588 g/mol. The van der Waals surface area contributed by atoms with Gasteiger partial charge in [0.1, 0.15) is 6.07 Å². The van der Waals surface area contributed by atoms with Crippen LogP contribution in [0.25, 0.3) is 22.2 Å². The lowest BCUT2D eigenvalue weighted by atomic mass is 9.72. The fourth-order valence-electron chi connectivity index (χ4n) is 6.51. The predicted molar refractivity (Wildman–Crippen MR) is 157 cm³/mol. The monoisotopic (exact) mass is 587 g/mol. The Morgan fingerprint density at radius 3 is 2.51 bits per heavy atom. The molecule has 0 bridgehead atoms. The predicted octanol–water partition coefficient (Wildman–Crippen LogP) is 4.88. The molecule has 4 aromatic rings. The number of alkyl halides is 3. The summed E-state index contributed by atoms with van der Waals surface area (Å²) in [5.41, 5.74) is 2.16. The van der Waals surface area contributed by atoms with Gasteiger partial charge in [0.05, 0.1) is 39.6 Å². The Bertz CT molecular complexity index is 1700. The molecule has 0 saturated carbocycles. The second-order valence-electron chi connectivity index (χ2n) is 11.6. The normalized spacial score (nSPS) is 19.0. The topological polar surface area (TPSA) is 90.1 Å². The highest BCUT2D eigenvalue weighted by Crippen LogP contribution is 2.40. The first-order chi connectivity index (χ1) is 20.6. The largest absolute Gasteiger partial charge is 0.416 e. The third kappa shape index (κ3) is 5.31. The van der Waals surface area contributed by atoms with Crippen LogP contribution in [0.15, 0.2) is 60.9 Å². The van der Waals surface area contributed by atoms with Crippen molar-refractivity contribution in [3.8, 4) is 17.3 Å². The maximum atomic E-state index is 14.1. The van der Waals surface area contributed by atoms with E-state index in [1.165, 1.54) is 6.07 Å². The van der Waals surface area contributed by atoms with Crippen LogP contribution in [0.4, 0.5) is 18.9 Å². The SMILES string of the molecule is CN1CC[C@@H](NC(=O)C2(c3ccc(-c4cccc5cnn(C)c45)nc3)CCN(c3ccc(C(F)(F)F)cc3C#N)CC2)C1. The maximum absolute atomic E-state index is 14.1. The summed E-state index contributed by atoms with van der Waals surface area (Å²) < 4.78 is 41.7. The van der Waals surface area contributed by atoms with E-state index in [0.717, 1.165) is 59.4 Å². The third-order valence-electron chi connectivity index (χ3n) is 8.92. The molecule has 0 spiro atoms. The first-order valence-electron chi connectivity index (χ1n) is 14.3. The van der Waals surface area contributed by atoms with Gasteiger partial charge in [-0.25, -0.2) is 0 Å². The number of aryl methyl sites for hydroxylation is 1. The number of halogens is 3. The Balaban J connectivity index is 1.31. The summed E-state index contributed by atoms with van der Waals surface area (Å²) in [7, 11) is 3.92. The second-order valence-corrected chi connectivity index (χ2v) is 11.6. The molecular weight excluding hydrogens is 555 g/mol. The number of carbonyl (C=O) groups is 1. The van der Waals surface area contributed by atoms with E-state index < -0.39 is 17.2 Å². The number of fused-ring (bicyclic) bond motifs is 1.